The van der Waals surface area contributed by atoms with Gasteiger partial charge in [-0.3, -0.25) is 14.5 Å². The van der Waals surface area contributed by atoms with Gasteiger partial charge in [-0.25, -0.2) is 0 Å². The van der Waals surface area contributed by atoms with Gasteiger partial charge in [0.2, 0.25) is 11.8 Å². The van der Waals surface area contributed by atoms with Crippen LogP contribution in [0.15, 0.2) is 24.3 Å². The summed E-state index contributed by atoms with van der Waals surface area (Å²) in [5.41, 5.74) is 1.12. The smallest absolute Gasteiger partial charge is 0.242 e. The van der Waals surface area contributed by atoms with Gasteiger partial charge in [0.15, 0.2) is 0 Å². The van der Waals surface area contributed by atoms with Gasteiger partial charge in [0.25, 0.3) is 0 Å². The van der Waals surface area contributed by atoms with Gasteiger partial charge in [-0.15, -0.1) is 0 Å². The zero-order valence-corrected chi connectivity index (χ0v) is 19.6. The van der Waals surface area contributed by atoms with Crippen LogP contribution in [0.3, 0.4) is 0 Å². The Morgan fingerprint density at radius 1 is 0.969 bits per heavy atom. The molecule has 1 aromatic carbocycles. The van der Waals surface area contributed by atoms with E-state index in [9.17, 15) is 9.59 Å². The molecule has 0 bridgehead atoms. The Kier molecular flexibility index (Phi) is 8.06. The number of rotatable bonds is 7. The number of methoxy groups -OCH3 is 1. The molecule has 0 spiro atoms. The maximum absolute atomic E-state index is 13.3. The summed E-state index contributed by atoms with van der Waals surface area (Å²) in [5.74, 6) is 1.20. The van der Waals surface area contributed by atoms with E-state index in [0.29, 0.717) is 6.54 Å². The van der Waals surface area contributed by atoms with Crippen LogP contribution in [0.1, 0.15) is 75.8 Å². The second-order valence-corrected chi connectivity index (χ2v) is 9.62. The molecule has 6 nitrogen and oxygen atoms in total. The number of ether oxygens (including phenoxy) is 1. The Bertz CT molecular complexity index is 771. The zero-order chi connectivity index (χ0) is 22.3. The first kappa shape index (κ1) is 23.1. The lowest BCUT2D eigenvalue weighted by molar-refractivity contribution is -0.142. The zero-order valence-electron chi connectivity index (χ0n) is 19.6. The summed E-state index contributed by atoms with van der Waals surface area (Å²) in [6, 6.07) is 7.90. The van der Waals surface area contributed by atoms with E-state index < -0.39 is 0 Å². The fraction of sp³-hybridized carbons (Fsp3) is 0.692. The Morgan fingerprint density at radius 3 is 2.44 bits per heavy atom. The quantitative estimate of drug-likeness (QED) is 0.697. The van der Waals surface area contributed by atoms with E-state index in [2.05, 4.69) is 16.3 Å². The predicted octanol–water partition coefficient (Wildman–Crippen LogP) is 3.91. The minimum absolute atomic E-state index is 0.00330. The normalized spacial score (nSPS) is 23.7. The molecule has 0 aromatic heterocycles. The van der Waals surface area contributed by atoms with Crippen LogP contribution in [0.2, 0.25) is 0 Å². The highest BCUT2D eigenvalue weighted by molar-refractivity contribution is 5.89. The van der Waals surface area contributed by atoms with E-state index in [1.165, 1.54) is 25.7 Å². The Balaban J connectivity index is 1.43. The van der Waals surface area contributed by atoms with Crippen molar-refractivity contribution in [2.45, 2.75) is 76.3 Å². The average Bonchev–Trinajstić information content (AvgIpc) is 3.35. The van der Waals surface area contributed by atoms with Gasteiger partial charge < -0.3 is 15.0 Å². The molecule has 1 aliphatic carbocycles. The van der Waals surface area contributed by atoms with Crippen LogP contribution in [0.4, 0.5) is 0 Å². The molecule has 2 amide bonds. The molecule has 32 heavy (non-hydrogen) atoms. The van der Waals surface area contributed by atoms with Crippen molar-refractivity contribution in [1.82, 2.24) is 15.1 Å². The molecule has 2 saturated heterocycles. The van der Waals surface area contributed by atoms with Gasteiger partial charge in [0.05, 0.1) is 13.2 Å². The lowest BCUT2D eigenvalue weighted by atomic mass is 9.88. The lowest BCUT2D eigenvalue weighted by Gasteiger charge is -2.36. The van der Waals surface area contributed by atoms with Crippen molar-refractivity contribution in [2.24, 2.45) is 5.92 Å². The van der Waals surface area contributed by atoms with Gasteiger partial charge in [0, 0.05) is 24.6 Å². The minimum Gasteiger partial charge on any atom is -0.496 e. The van der Waals surface area contributed by atoms with Crippen molar-refractivity contribution >= 4 is 11.8 Å². The first-order valence-corrected chi connectivity index (χ1v) is 12.6. The van der Waals surface area contributed by atoms with E-state index in [-0.39, 0.29) is 29.8 Å². The van der Waals surface area contributed by atoms with E-state index in [1.54, 1.807) is 7.11 Å². The number of hydrogen-bond acceptors (Lipinski definition) is 4. The van der Waals surface area contributed by atoms with Crippen molar-refractivity contribution in [3.63, 3.8) is 0 Å². The predicted molar refractivity (Wildman–Crippen MR) is 125 cm³/mol. The second-order valence-electron chi connectivity index (χ2n) is 9.62. The van der Waals surface area contributed by atoms with E-state index in [0.717, 1.165) is 69.5 Å². The first-order chi connectivity index (χ1) is 15.7. The summed E-state index contributed by atoms with van der Waals surface area (Å²) >= 11 is 0. The molecule has 0 unspecified atom stereocenters. The number of carbonyl (C=O) groups is 2. The number of nitrogens with one attached hydrogen (secondary N) is 1. The maximum atomic E-state index is 13.3. The van der Waals surface area contributed by atoms with E-state index in [4.69, 9.17) is 4.74 Å². The van der Waals surface area contributed by atoms with E-state index in [1.807, 2.05) is 23.1 Å². The van der Waals surface area contributed by atoms with Gasteiger partial charge in [-0.2, -0.15) is 0 Å². The highest BCUT2D eigenvalue weighted by Gasteiger charge is 2.37. The molecule has 3 fully saturated rings. The van der Waals surface area contributed by atoms with Crippen molar-refractivity contribution in [3.05, 3.63) is 29.8 Å². The molecule has 176 valence electrons. The van der Waals surface area contributed by atoms with Crippen molar-refractivity contribution in [2.75, 3.05) is 33.3 Å². The average molecular weight is 442 g/mol. The Labute approximate surface area is 192 Å². The van der Waals surface area contributed by atoms with Gasteiger partial charge >= 0.3 is 0 Å². The van der Waals surface area contributed by atoms with Crippen LogP contribution in [0.25, 0.3) is 0 Å². The molecule has 1 N–H and O–H groups in total. The number of hydrogen-bond donors (Lipinski definition) is 1. The molecule has 3 aliphatic rings. The fourth-order valence-electron chi connectivity index (χ4n) is 5.81. The summed E-state index contributed by atoms with van der Waals surface area (Å²) < 4.78 is 5.65. The van der Waals surface area contributed by atoms with Crippen LogP contribution in [-0.2, 0) is 9.59 Å². The maximum Gasteiger partial charge on any atom is 0.242 e. The van der Waals surface area contributed by atoms with Gasteiger partial charge in [0.1, 0.15) is 11.8 Å². The van der Waals surface area contributed by atoms with Crippen molar-refractivity contribution in [3.8, 4) is 5.75 Å². The SMILES string of the molecule is COc1ccccc1[C@H](CNC(=O)[C@@H]1CCCN1C(=O)C1CCCCC1)N1CCCCC1. The lowest BCUT2D eigenvalue weighted by Crippen LogP contribution is -2.50. The number of benzene rings is 1. The summed E-state index contributed by atoms with van der Waals surface area (Å²) in [6.07, 6.45) is 10.8. The molecule has 2 heterocycles. The highest BCUT2D eigenvalue weighted by Crippen LogP contribution is 2.32. The number of para-hydroxylation sites is 1. The molecule has 1 aromatic rings. The van der Waals surface area contributed by atoms with Crippen LogP contribution in [0.5, 0.6) is 5.75 Å². The first-order valence-electron chi connectivity index (χ1n) is 12.6. The van der Waals surface area contributed by atoms with E-state index >= 15 is 0 Å². The van der Waals surface area contributed by atoms with Crippen LogP contribution >= 0.6 is 0 Å². The molecule has 4 rings (SSSR count). The summed E-state index contributed by atoms with van der Waals surface area (Å²) in [4.78, 5) is 30.7. The van der Waals surface area contributed by atoms with Crippen LogP contribution < -0.4 is 10.1 Å². The summed E-state index contributed by atoms with van der Waals surface area (Å²) in [7, 11) is 1.71. The molecule has 1 saturated carbocycles. The number of amides is 2. The third-order valence-corrected chi connectivity index (χ3v) is 7.59. The van der Waals surface area contributed by atoms with Crippen LogP contribution in [0, 0.1) is 5.92 Å². The van der Waals surface area contributed by atoms with Gasteiger partial charge in [-0.05, 0) is 57.7 Å². The molecule has 2 atom stereocenters. The number of nitrogens with zero attached hydrogens (tertiary/aromatic N) is 2. The summed E-state index contributed by atoms with van der Waals surface area (Å²) in [6.45, 7) is 3.33. The number of carbonyl (C=O) groups excluding carboxylic acids is 2. The fourth-order valence-corrected chi connectivity index (χ4v) is 5.81. The third-order valence-electron chi connectivity index (χ3n) is 7.59. The molecule has 6 heteroatoms. The van der Waals surface area contributed by atoms with Crippen molar-refractivity contribution < 1.29 is 14.3 Å². The minimum atomic E-state index is -0.316. The molecule has 0 radical (unpaired) electrons. The molecule has 2 aliphatic heterocycles. The number of likely N-dealkylation sites (tertiary alicyclic amines) is 2. The topological polar surface area (TPSA) is 61.9 Å². The molecular weight excluding hydrogens is 402 g/mol. The number of piperidine rings is 1. The van der Waals surface area contributed by atoms with Crippen LogP contribution in [-0.4, -0.2) is 60.9 Å². The standard InChI is InChI=1S/C26H39N3O3/c1-32-24-15-7-6-13-21(24)23(28-16-8-3-9-17-28)19-27-25(30)22-14-10-18-29(22)26(31)20-11-4-2-5-12-20/h6-7,13,15,20,22-23H,2-5,8-12,14,16-19H2,1H3,(H,27,30)/t22-,23-/m0/s1. The van der Waals surface area contributed by atoms with Gasteiger partial charge in [-0.1, -0.05) is 43.9 Å². The second kappa shape index (κ2) is 11.2. The monoisotopic (exact) mass is 441 g/mol. The largest absolute Gasteiger partial charge is 0.496 e. The highest BCUT2D eigenvalue weighted by atomic mass is 16.5. The Hall–Kier alpha value is -2.08. The van der Waals surface area contributed by atoms with Crippen molar-refractivity contribution in [1.29, 1.82) is 0 Å². The third kappa shape index (κ3) is 5.28. The molecular formula is C26H39N3O3. The Morgan fingerprint density at radius 2 is 1.69 bits per heavy atom. The summed E-state index contributed by atoms with van der Waals surface area (Å²) in [5, 5.41) is 3.23.